The Balaban J connectivity index is 1.63. The number of benzene rings is 2. The van der Waals surface area contributed by atoms with Crippen molar-refractivity contribution in [2.24, 2.45) is 0 Å². The number of aliphatic hydroxyl groups excluding tert-OH is 1. The summed E-state index contributed by atoms with van der Waals surface area (Å²) in [5, 5.41) is 9.57. The molecule has 3 nitrogen and oxygen atoms in total. The van der Waals surface area contributed by atoms with Crippen LogP contribution in [0.2, 0.25) is 0 Å². The van der Waals surface area contributed by atoms with E-state index in [1.807, 2.05) is 25.1 Å². The van der Waals surface area contributed by atoms with Crippen LogP contribution in [-0.2, 0) is 19.4 Å². The SMILES string of the molecule is CC(O)CN1CCc2ccc(OCc3ccccc3)cc2CC1. The van der Waals surface area contributed by atoms with E-state index in [0.29, 0.717) is 6.61 Å². The molecular formula is C20H25NO2. The molecule has 0 aromatic heterocycles. The largest absolute Gasteiger partial charge is 0.489 e. The maximum atomic E-state index is 9.57. The van der Waals surface area contributed by atoms with Crippen molar-refractivity contribution in [1.29, 1.82) is 0 Å². The molecule has 0 radical (unpaired) electrons. The van der Waals surface area contributed by atoms with Crippen LogP contribution in [0.1, 0.15) is 23.6 Å². The predicted octanol–water partition coefficient (Wildman–Crippen LogP) is 3.05. The fourth-order valence-corrected chi connectivity index (χ4v) is 3.13. The van der Waals surface area contributed by atoms with Gasteiger partial charge in [0.05, 0.1) is 6.10 Å². The van der Waals surface area contributed by atoms with Gasteiger partial charge in [-0.15, -0.1) is 0 Å². The summed E-state index contributed by atoms with van der Waals surface area (Å²) in [6.07, 6.45) is 1.80. The Bertz CT molecular complexity index is 625. The normalized spacial score (nSPS) is 16.4. The molecule has 2 aromatic carbocycles. The minimum atomic E-state index is -0.263. The van der Waals surface area contributed by atoms with Crippen molar-refractivity contribution < 1.29 is 9.84 Å². The van der Waals surface area contributed by atoms with Gasteiger partial charge in [-0.05, 0) is 48.6 Å². The fourth-order valence-electron chi connectivity index (χ4n) is 3.13. The van der Waals surface area contributed by atoms with Crippen LogP contribution in [0.4, 0.5) is 0 Å². The zero-order valence-electron chi connectivity index (χ0n) is 13.7. The molecule has 1 N–H and O–H groups in total. The quantitative estimate of drug-likeness (QED) is 0.921. The Morgan fingerprint density at radius 1 is 1.04 bits per heavy atom. The molecule has 23 heavy (non-hydrogen) atoms. The van der Waals surface area contributed by atoms with Crippen molar-refractivity contribution >= 4 is 0 Å². The lowest BCUT2D eigenvalue weighted by atomic mass is 10.0. The van der Waals surface area contributed by atoms with Crippen LogP contribution in [0.5, 0.6) is 5.75 Å². The van der Waals surface area contributed by atoms with E-state index >= 15 is 0 Å². The van der Waals surface area contributed by atoms with Crippen molar-refractivity contribution in [2.75, 3.05) is 19.6 Å². The van der Waals surface area contributed by atoms with E-state index in [1.54, 1.807) is 0 Å². The molecule has 3 rings (SSSR count). The summed E-state index contributed by atoms with van der Waals surface area (Å²) in [5.74, 6) is 0.941. The third kappa shape index (κ3) is 4.57. The maximum absolute atomic E-state index is 9.57. The average molecular weight is 311 g/mol. The molecule has 1 atom stereocenters. The van der Waals surface area contributed by atoms with Gasteiger partial charge in [0.1, 0.15) is 12.4 Å². The maximum Gasteiger partial charge on any atom is 0.120 e. The molecule has 1 aliphatic heterocycles. The molecule has 1 aliphatic rings. The molecule has 1 unspecified atom stereocenters. The highest BCUT2D eigenvalue weighted by Gasteiger charge is 2.15. The van der Waals surface area contributed by atoms with Crippen molar-refractivity contribution in [3.8, 4) is 5.75 Å². The molecule has 1 heterocycles. The molecule has 0 saturated carbocycles. The predicted molar refractivity (Wildman–Crippen MR) is 92.7 cm³/mol. The molecule has 0 spiro atoms. The second-order valence-electron chi connectivity index (χ2n) is 6.35. The van der Waals surface area contributed by atoms with Gasteiger partial charge in [-0.1, -0.05) is 36.4 Å². The number of fused-ring (bicyclic) bond motifs is 1. The fraction of sp³-hybridized carbons (Fsp3) is 0.400. The van der Waals surface area contributed by atoms with Crippen LogP contribution in [0.25, 0.3) is 0 Å². The van der Waals surface area contributed by atoms with Gasteiger partial charge in [-0.3, -0.25) is 0 Å². The first-order chi connectivity index (χ1) is 11.2. The number of rotatable bonds is 5. The number of nitrogens with zero attached hydrogens (tertiary/aromatic N) is 1. The zero-order chi connectivity index (χ0) is 16.1. The Labute approximate surface area is 138 Å². The van der Waals surface area contributed by atoms with Crippen LogP contribution in [0.15, 0.2) is 48.5 Å². The first-order valence-electron chi connectivity index (χ1n) is 8.39. The lowest BCUT2D eigenvalue weighted by molar-refractivity contribution is 0.129. The van der Waals surface area contributed by atoms with Gasteiger partial charge in [0.15, 0.2) is 0 Å². The minimum Gasteiger partial charge on any atom is -0.489 e. The Hall–Kier alpha value is -1.84. The number of β-amino-alcohol motifs (C(OH)–C–C–N with tert-alkyl or cyclic N) is 1. The van der Waals surface area contributed by atoms with Gasteiger partial charge < -0.3 is 14.7 Å². The van der Waals surface area contributed by atoms with Gasteiger partial charge in [0.25, 0.3) is 0 Å². The summed E-state index contributed by atoms with van der Waals surface area (Å²) in [4.78, 5) is 2.34. The first kappa shape index (κ1) is 16.0. The third-order valence-corrected chi connectivity index (χ3v) is 4.34. The van der Waals surface area contributed by atoms with E-state index in [1.165, 1.54) is 16.7 Å². The van der Waals surface area contributed by atoms with E-state index in [2.05, 4.69) is 35.2 Å². The topological polar surface area (TPSA) is 32.7 Å². The van der Waals surface area contributed by atoms with Crippen LogP contribution in [0, 0.1) is 0 Å². The van der Waals surface area contributed by atoms with E-state index in [0.717, 1.165) is 38.2 Å². The van der Waals surface area contributed by atoms with Crippen LogP contribution in [-0.4, -0.2) is 35.7 Å². The Morgan fingerprint density at radius 2 is 1.78 bits per heavy atom. The van der Waals surface area contributed by atoms with E-state index < -0.39 is 0 Å². The van der Waals surface area contributed by atoms with E-state index in [-0.39, 0.29) is 6.10 Å². The van der Waals surface area contributed by atoms with Gasteiger partial charge >= 0.3 is 0 Å². The van der Waals surface area contributed by atoms with E-state index in [9.17, 15) is 5.11 Å². The van der Waals surface area contributed by atoms with Crippen molar-refractivity contribution in [3.05, 3.63) is 65.2 Å². The number of hydrogen-bond acceptors (Lipinski definition) is 3. The lowest BCUT2D eigenvalue weighted by Crippen LogP contribution is -2.33. The molecule has 3 heteroatoms. The molecule has 0 amide bonds. The van der Waals surface area contributed by atoms with Crippen LogP contribution < -0.4 is 4.74 Å². The molecule has 0 saturated heterocycles. The molecule has 0 bridgehead atoms. The second kappa shape index (κ2) is 7.62. The summed E-state index contributed by atoms with van der Waals surface area (Å²) < 4.78 is 5.94. The number of ether oxygens (including phenoxy) is 1. The van der Waals surface area contributed by atoms with Crippen molar-refractivity contribution in [3.63, 3.8) is 0 Å². The zero-order valence-corrected chi connectivity index (χ0v) is 13.7. The molecule has 0 aliphatic carbocycles. The summed E-state index contributed by atoms with van der Waals surface area (Å²) in [6.45, 7) is 5.23. The standard InChI is InChI=1S/C20H25NO2/c1-16(22)14-21-11-9-18-7-8-20(13-19(18)10-12-21)23-15-17-5-3-2-4-6-17/h2-8,13,16,22H,9-12,14-15H2,1H3. The highest BCUT2D eigenvalue weighted by atomic mass is 16.5. The number of aliphatic hydroxyl groups is 1. The van der Waals surface area contributed by atoms with Gasteiger partial charge in [-0.25, -0.2) is 0 Å². The minimum absolute atomic E-state index is 0.263. The van der Waals surface area contributed by atoms with Gasteiger partial charge in [0, 0.05) is 19.6 Å². The molecule has 122 valence electrons. The van der Waals surface area contributed by atoms with Crippen molar-refractivity contribution in [2.45, 2.75) is 32.5 Å². The summed E-state index contributed by atoms with van der Waals surface area (Å²) >= 11 is 0. The molecule has 2 aromatic rings. The third-order valence-electron chi connectivity index (χ3n) is 4.34. The molecular weight excluding hydrogens is 286 g/mol. The summed E-state index contributed by atoms with van der Waals surface area (Å²) in [6, 6.07) is 16.7. The van der Waals surface area contributed by atoms with Gasteiger partial charge in [0.2, 0.25) is 0 Å². The lowest BCUT2D eigenvalue weighted by Gasteiger charge is -2.20. The smallest absolute Gasteiger partial charge is 0.120 e. The van der Waals surface area contributed by atoms with Crippen LogP contribution >= 0.6 is 0 Å². The summed E-state index contributed by atoms with van der Waals surface area (Å²) in [7, 11) is 0. The second-order valence-corrected chi connectivity index (χ2v) is 6.35. The average Bonchev–Trinajstić information content (AvgIpc) is 2.76. The Kier molecular flexibility index (Phi) is 5.31. The van der Waals surface area contributed by atoms with E-state index in [4.69, 9.17) is 4.74 Å². The molecule has 0 fully saturated rings. The first-order valence-corrected chi connectivity index (χ1v) is 8.39. The number of hydrogen-bond donors (Lipinski definition) is 1. The van der Waals surface area contributed by atoms with Crippen LogP contribution in [0.3, 0.4) is 0 Å². The Morgan fingerprint density at radius 3 is 2.52 bits per heavy atom. The highest BCUT2D eigenvalue weighted by molar-refractivity contribution is 5.37. The highest BCUT2D eigenvalue weighted by Crippen LogP contribution is 2.22. The van der Waals surface area contributed by atoms with Crippen molar-refractivity contribution in [1.82, 2.24) is 4.90 Å². The monoisotopic (exact) mass is 311 g/mol. The van der Waals surface area contributed by atoms with Gasteiger partial charge in [-0.2, -0.15) is 0 Å². The summed E-state index contributed by atoms with van der Waals surface area (Å²) in [5.41, 5.74) is 3.97.